The zero-order valence-electron chi connectivity index (χ0n) is 11.1. The highest BCUT2D eigenvalue weighted by Gasteiger charge is 2.12. The van der Waals surface area contributed by atoms with Gasteiger partial charge in [-0.15, -0.1) is 0 Å². The molecule has 0 atom stereocenters. The van der Waals surface area contributed by atoms with E-state index in [1.807, 2.05) is 12.1 Å². The number of nitrogens with zero attached hydrogens (tertiary/aromatic N) is 1. The van der Waals surface area contributed by atoms with Crippen LogP contribution in [0.3, 0.4) is 0 Å². The van der Waals surface area contributed by atoms with Crippen LogP contribution in [0.5, 0.6) is 5.75 Å². The van der Waals surface area contributed by atoms with Crippen molar-refractivity contribution in [3.63, 3.8) is 0 Å². The summed E-state index contributed by atoms with van der Waals surface area (Å²) in [5, 5.41) is 4.12. The molecule has 4 heteroatoms. The molecule has 2 rings (SSSR count). The highest BCUT2D eigenvalue weighted by atomic mass is 35.5. The van der Waals surface area contributed by atoms with E-state index in [-0.39, 0.29) is 0 Å². The average Bonchev–Trinajstić information content (AvgIpc) is 2.62. The number of rotatable bonds is 3. The molecule has 0 aliphatic carbocycles. The molecule has 0 bridgehead atoms. The lowest BCUT2D eigenvalue weighted by Gasteiger charge is -2.21. The fraction of sp³-hybridized carbons (Fsp3) is 0.571. The van der Waals surface area contributed by atoms with Crippen molar-refractivity contribution in [1.82, 2.24) is 10.2 Å². The SMILES string of the molecule is COc1cc(C)c(CN2CCCNCC2)cc1Cl. The lowest BCUT2D eigenvalue weighted by atomic mass is 10.1. The summed E-state index contributed by atoms with van der Waals surface area (Å²) in [6.45, 7) is 7.53. The first-order valence-electron chi connectivity index (χ1n) is 6.47. The van der Waals surface area contributed by atoms with Gasteiger partial charge in [0.05, 0.1) is 12.1 Å². The second kappa shape index (κ2) is 6.41. The van der Waals surface area contributed by atoms with Crippen molar-refractivity contribution in [3.8, 4) is 5.75 Å². The maximum Gasteiger partial charge on any atom is 0.137 e. The molecule has 1 aromatic carbocycles. The van der Waals surface area contributed by atoms with Crippen molar-refractivity contribution in [2.75, 3.05) is 33.3 Å². The van der Waals surface area contributed by atoms with Crippen molar-refractivity contribution in [1.29, 1.82) is 0 Å². The van der Waals surface area contributed by atoms with Gasteiger partial charge in [-0.05, 0) is 49.7 Å². The third kappa shape index (κ3) is 3.37. The van der Waals surface area contributed by atoms with E-state index >= 15 is 0 Å². The molecule has 1 aliphatic rings. The fourth-order valence-electron chi connectivity index (χ4n) is 2.32. The van der Waals surface area contributed by atoms with Crippen molar-refractivity contribution in [2.45, 2.75) is 19.9 Å². The number of methoxy groups -OCH3 is 1. The number of nitrogens with one attached hydrogen (secondary N) is 1. The monoisotopic (exact) mass is 268 g/mol. The van der Waals surface area contributed by atoms with Gasteiger partial charge in [-0.25, -0.2) is 0 Å². The van der Waals surface area contributed by atoms with Gasteiger partial charge >= 0.3 is 0 Å². The summed E-state index contributed by atoms with van der Waals surface area (Å²) < 4.78 is 5.24. The Morgan fingerprint density at radius 2 is 2.17 bits per heavy atom. The van der Waals surface area contributed by atoms with Gasteiger partial charge in [0.2, 0.25) is 0 Å². The Bertz CT molecular complexity index is 401. The normalized spacial score (nSPS) is 17.5. The zero-order valence-corrected chi connectivity index (χ0v) is 11.9. The number of hydrogen-bond donors (Lipinski definition) is 1. The molecule has 3 nitrogen and oxygen atoms in total. The van der Waals surface area contributed by atoms with E-state index in [2.05, 4.69) is 17.1 Å². The molecule has 0 aromatic heterocycles. The molecule has 0 amide bonds. The lowest BCUT2D eigenvalue weighted by molar-refractivity contribution is 0.283. The first kappa shape index (κ1) is 13.7. The van der Waals surface area contributed by atoms with Crippen LogP contribution in [0.4, 0.5) is 0 Å². The number of hydrogen-bond acceptors (Lipinski definition) is 3. The zero-order chi connectivity index (χ0) is 13.0. The molecular weight excluding hydrogens is 248 g/mol. The molecule has 0 unspecified atom stereocenters. The summed E-state index contributed by atoms with van der Waals surface area (Å²) in [5.74, 6) is 0.760. The highest BCUT2D eigenvalue weighted by molar-refractivity contribution is 6.32. The Balaban J connectivity index is 2.10. The van der Waals surface area contributed by atoms with Crippen molar-refractivity contribution >= 4 is 11.6 Å². The molecule has 1 aromatic rings. The molecule has 0 saturated carbocycles. The lowest BCUT2D eigenvalue weighted by Crippen LogP contribution is -2.27. The van der Waals surface area contributed by atoms with E-state index in [1.165, 1.54) is 17.5 Å². The van der Waals surface area contributed by atoms with Crippen LogP contribution >= 0.6 is 11.6 Å². The predicted octanol–water partition coefficient (Wildman–Crippen LogP) is 2.45. The number of ether oxygens (including phenoxy) is 1. The Morgan fingerprint density at radius 3 is 2.94 bits per heavy atom. The number of aryl methyl sites for hydroxylation is 1. The molecule has 1 fully saturated rings. The van der Waals surface area contributed by atoms with Crippen LogP contribution in [0.15, 0.2) is 12.1 Å². The Hall–Kier alpha value is -0.770. The van der Waals surface area contributed by atoms with Gasteiger partial charge in [-0.2, -0.15) is 0 Å². The van der Waals surface area contributed by atoms with Gasteiger partial charge in [0.1, 0.15) is 5.75 Å². The predicted molar refractivity (Wildman–Crippen MR) is 75.5 cm³/mol. The molecule has 100 valence electrons. The third-order valence-electron chi connectivity index (χ3n) is 3.44. The fourth-order valence-corrected chi connectivity index (χ4v) is 2.59. The van der Waals surface area contributed by atoms with Gasteiger partial charge in [-0.3, -0.25) is 4.90 Å². The topological polar surface area (TPSA) is 24.5 Å². The number of benzene rings is 1. The first-order chi connectivity index (χ1) is 8.70. The maximum atomic E-state index is 6.20. The van der Waals surface area contributed by atoms with E-state index in [1.54, 1.807) is 7.11 Å². The number of halogens is 1. The molecule has 1 N–H and O–H groups in total. The molecular formula is C14H21ClN2O. The van der Waals surface area contributed by atoms with E-state index < -0.39 is 0 Å². The third-order valence-corrected chi connectivity index (χ3v) is 3.73. The van der Waals surface area contributed by atoms with Crippen LogP contribution in [0.1, 0.15) is 17.5 Å². The van der Waals surface area contributed by atoms with E-state index in [4.69, 9.17) is 16.3 Å². The smallest absolute Gasteiger partial charge is 0.137 e. The van der Waals surface area contributed by atoms with Crippen molar-refractivity contribution in [3.05, 3.63) is 28.3 Å². The Kier molecular flexibility index (Phi) is 4.87. The average molecular weight is 269 g/mol. The van der Waals surface area contributed by atoms with Gasteiger partial charge in [-0.1, -0.05) is 11.6 Å². The largest absolute Gasteiger partial charge is 0.495 e. The van der Waals surface area contributed by atoms with E-state index in [9.17, 15) is 0 Å². The van der Waals surface area contributed by atoms with Crippen LogP contribution in [-0.4, -0.2) is 38.2 Å². The summed E-state index contributed by atoms with van der Waals surface area (Å²) in [4.78, 5) is 2.48. The molecule has 1 aliphatic heterocycles. The van der Waals surface area contributed by atoms with Crippen LogP contribution < -0.4 is 10.1 Å². The standard InChI is InChI=1S/C14H21ClN2O/c1-11-8-14(18-2)13(15)9-12(11)10-17-6-3-4-16-5-7-17/h8-9,16H,3-7,10H2,1-2H3. The molecule has 1 heterocycles. The molecule has 18 heavy (non-hydrogen) atoms. The summed E-state index contributed by atoms with van der Waals surface area (Å²) in [6, 6.07) is 4.06. The summed E-state index contributed by atoms with van der Waals surface area (Å²) in [7, 11) is 1.65. The first-order valence-corrected chi connectivity index (χ1v) is 6.84. The van der Waals surface area contributed by atoms with E-state index in [0.717, 1.165) is 38.5 Å². The van der Waals surface area contributed by atoms with Gasteiger partial charge < -0.3 is 10.1 Å². The van der Waals surface area contributed by atoms with Crippen molar-refractivity contribution in [2.24, 2.45) is 0 Å². The minimum atomic E-state index is 0.700. The second-order valence-corrected chi connectivity index (χ2v) is 5.20. The summed E-state index contributed by atoms with van der Waals surface area (Å²) in [5.41, 5.74) is 2.54. The van der Waals surface area contributed by atoms with Crippen LogP contribution in [0.2, 0.25) is 5.02 Å². The minimum Gasteiger partial charge on any atom is -0.495 e. The van der Waals surface area contributed by atoms with E-state index in [0.29, 0.717) is 5.02 Å². The molecule has 0 spiro atoms. The minimum absolute atomic E-state index is 0.700. The Labute approximate surface area is 114 Å². The molecule has 1 saturated heterocycles. The van der Waals surface area contributed by atoms with Gasteiger partial charge in [0.25, 0.3) is 0 Å². The second-order valence-electron chi connectivity index (χ2n) is 4.79. The van der Waals surface area contributed by atoms with Crippen LogP contribution in [0, 0.1) is 6.92 Å². The van der Waals surface area contributed by atoms with Gasteiger partial charge in [0, 0.05) is 19.6 Å². The van der Waals surface area contributed by atoms with Crippen LogP contribution in [0.25, 0.3) is 0 Å². The Morgan fingerprint density at radius 1 is 1.33 bits per heavy atom. The van der Waals surface area contributed by atoms with Crippen molar-refractivity contribution < 1.29 is 4.74 Å². The summed E-state index contributed by atoms with van der Waals surface area (Å²) in [6.07, 6.45) is 1.21. The maximum absolute atomic E-state index is 6.20. The quantitative estimate of drug-likeness (QED) is 0.911. The highest BCUT2D eigenvalue weighted by Crippen LogP contribution is 2.28. The molecule has 0 radical (unpaired) electrons. The van der Waals surface area contributed by atoms with Gasteiger partial charge in [0.15, 0.2) is 0 Å². The summed E-state index contributed by atoms with van der Waals surface area (Å²) >= 11 is 6.20. The van der Waals surface area contributed by atoms with Crippen LogP contribution in [-0.2, 0) is 6.54 Å².